The first-order valence-corrected chi connectivity index (χ1v) is 8.27. The van der Waals surface area contributed by atoms with Gasteiger partial charge in [-0.05, 0) is 25.2 Å². The second-order valence-corrected chi connectivity index (χ2v) is 7.26. The second kappa shape index (κ2) is 8.92. The highest BCUT2D eigenvalue weighted by atomic mass is 127. The van der Waals surface area contributed by atoms with Gasteiger partial charge in [-0.2, -0.15) is 0 Å². The van der Waals surface area contributed by atoms with Gasteiger partial charge in [0, 0.05) is 44.2 Å². The van der Waals surface area contributed by atoms with Crippen molar-refractivity contribution in [1.82, 2.24) is 15.2 Å². The predicted octanol–water partition coefficient (Wildman–Crippen LogP) is 3.17. The van der Waals surface area contributed by atoms with E-state index in [1.807, 2.05) is 13.2 Å². The van der Waals surface area contributed by atoms with Crippen LogP contribution in [0.3, 0.4) is 0 Å². The number of guanidine groups is 1. The third-order valence-corrected chi connectivity index (χ3v) is 4.64. The van der Waals surface area contributed by atoms with Crippen molar-refractivity contribution in [3.63, 3.8) is 0 Å². The molecule has 0 spiro atoms. The van der Waals surface area contributed by atoms with Crippen LogP contribution in [0.2, 0.25) is 0 Å². The summed E-state index contributed by atoms with van der Waals surface area (Å²) in [7, 11) is 1.87. The fraction of sp³-hybridized carbons (Fsp3) is 0.733. The molecule has 1 fully saturated rings. The fourth-order valence-corrected chi connectivity index (χ4v) is 3.75. The van der Waals surface area contributed by atoms with Gasteiger partial charge in [0.2, 0.25) is 0 Å². The fourth-order valence-electron chi connectivity index (χ4n) is 2.97. The summed E-state index contributed by atoms with van der Waals surface area (Å²) >= 11 is 1.78. The minimum absolute atomic E-state index is 0. The van der Waals surface area contributed by atoms with Crippen molar-refractivity contribution in [1.29, 1.82) is 0 Å². The Morgan fingerprint density at radius 3 is 2.62 bits per heavy atom. The van der Waals surface area contributed by atoms with Crippen molar-refractivity contribution in [3.8, 4) is 0 Å². The molecule has 2 atom stereocenters. The Hall–Kier alpha value is -0.370. The lowest BCUT2D eigenvalue weighted by Gasteiger charge is -2.37. The zero-order valence-corrected chi connectivity index (χ0v) is 16.6. The SMILES string of the molecule is CN=C(NCCc1ncc(C)s1)N1CC(C)CC(C)C1.I. The van der Waals surface area contributed by atoms with E-state index in [2.05, 4.69) is 41.0 Å². The molecule has 0 aliphatic carbocycles. The van der Waals surface area contributed by atoms with Crippen LogP contribution in [0.1, 0.15) is 30.2 Å². The molecule has 1 saturated heterocycles. The number of aliphatic imine (C=N–C) groups is 1. The Balaban J connectivity index is 0.00000220. The molecule has 2 unspecified atom stereocenters. The standard InChI is InChI=1S/C15H26N4S.HI/c1-11-7-12(2)10-19(9-11)15(16-4)17-6-5-14-18-8-13(3)20-14;/h8,11-12H,5-7,9-10H2,1-4H3,(H,16,17);1H. The lowest BCUT2D eigenvalue weighted by Crippen LogP contribution is -2.48. The minimum atomic E-state index is 0. The number of likely N-dealkylation sites (tertiary alicyclic amines) is 1. The molecular weight excluding hydrogens is 395 g/mol. The largest absolute Gasteiger partial charge is 0.356 e. The molecule has 1 N–H and O–H groups in total. The molecule has 120 valence electrons. The summed E-state index contributed by atoms with van der Waals surface area (Å²) in [5.74, 6) is 2.54. The summed E-state index contributed by atoms with van der Waals surface area (Å²) in [5.41, 5.74) is 0. The van der Waals surface area contributed by atoms with Crippen molar-refractivity contribution < 1.29 is 0 Å². The zero-order chi connectivity index (χ0) is 14.5. The summed E-state index contributed by atoms with van der Waals surface area (Å²) in [6.07, 6.45) is 4.24. The van der Waals surface area contributed by atoms with Crippen LogP contribution in [0.15, 0.2) is 11.2 Å². The topological polar surface area (TPSA) is 40.5 Å². The van der Waals surface area contributed by atoms with Gasteiger partial charge in [0.15, 0.2) is 5.96 Å². The third-order valence-electron chi connectivity index (χ3n) is 3.67. The molecule has 0 radical (unpaired) electrons. The third kappa shape index (κ3) is 5.73. The number of hydrogen-bond donors (Lipinski definition) is 1. The van der Waals surface area contributed by atoms with E-state index in [1.165, 1.54) is 16.3 Å². The van der Waals surface area contributed by atoms with Crippen molar-refractivity contribution in [3.05, 3.63) is 16.1 Å². The van der Waals surface area contributed by atoms with E-state index in [1.54, 1.807) is 11.3 Å². The Morgan fingerprint density at radius 2 is 2.10 bits per heavy atom. The van der Waals surface area contributed by atoms with E-state index in [0.29, 0.717) is 0 Å². The van der Waals surface area contributed by atoms with Crippen LogP contribution in [0.4, 0.5) is 0 Å². The van der Waals surface area contributed by atoms with E-state index >= 15 is 0 Å². The normalized spacial score (nSPS) is 22.9. The van der Waals surface area contributed by atoms with Crippen LogP contribution in [0.25, 0.3) is 0 Å². The van der Waals surface area contributed by atoms with Crippen LogP contribution in [0.5, 0.6) is 0 Å². The molecule has 2 rings (SSSR count). The van der Waals surface area contributed by atoms with Gasteiger partial charge in [-0.15, -0.1) is 35.3 Å². The highest BCUT2D eigenvalue weighted by molar-refractivity contribution is 14.0. The average Bonchev–Trinajstić information content (AvgIpc) is 2.79. The first kappa shape index (κ1) is 18.7. The zero-order valence-electron chi connectivity index (χ0n) is 13.4. The van der Waals surface area contributed by atoms with Gasteiger partial charge in [-0.1, -0.05) is 13.8 Å². The molecular formula is C15H27IN4S. The number of nitrogens with zero attached hydrogens (tertiary/aromatic N) is 3. The van der Waals surface area contributed by atoms with Gasteiger partial charge in [0.1, 0.15) is 0 Å². The smallest absolute Gasteiger partial charge is 0.193 e. The van der Waals surface area contributed by atoms with Gasteiger partial charge in [-0.3, -0.25) is 4.99 Å². The molecule has 1 aromatic rings. The molecule has 1 aromatic heterocycles. The van der Waals surface area contributed by atoms with E-state index in [-0.39, 0.29) is 24.0 Å². The van der Waals surface area contributed by atoms with Crippen LogP contribution in [-0.2, 0) is 6.42 Å². The molecule has 0 amide bonds. The molecule has 4 nitrogen and oxygen atoms in total. The van der Waals surface area contributed by atoms with Crippen LogP contribution < -0.4 is 5.32 Å². The van der Waals surface area contributed by atoms with E-state index in [9.17, 15) is 0 Å². The first-order chi connectivity index (χ1) is 9.58. The maximum absolute atomic E-state index is 4.43. The number of thiazole rings is 1. The molecule has 6 heteroatoms. The van der Waals surface area contributed by atoms with Crippen molar-refractivity contribution in [2.24, 2.45) is 16.8 Å². The molecule has 2 heterocycles. The lowest BCUT2D eigenvalue weighted by atomic mass is 9.92. The Labute approximate surface area is 149 Å². The Bertz CT molecular complexity index is 450. The van der Waals surface area contributed by atoms with Gasteiger partial charge >= 0.3 is 0 Å². The minimum Gasteiger partial charge on any atom is -0.356 e. The highest BCUT2D eigenvalue weighted by Crippen LogP contribution is 2.20. The highest BCUT2D eigenvalue weighted by Gasteiger charge is 2.23. The maximum atomic E-state index is 4.43. The van der Waals surface area contributed by atoms with Crippen molar-refractivity contribution in [2.45, 2.75) is 33.6 Å². The van der Waals surface area contributed by atoms with E-state index in [4.69, 9.17) is 0 Å². The van der Waals surface area contributed by atoms with Gasteiger partial charge in [-0.25, -0.2) is 4.98 Å². The van der Waals surface area contributed by atoms with Gasteiger partial charge < -0.3 is 10.2 Å². The van der Waals surface area contributed by atoms with Crippen molar-refractivity contribution in [2.75, 3.05) is 26.7 Å². The van der Waals surface area contributed by atoms with Gasteiger partial charge in [0.05, 0.1) is 5.01 Å². The Morgan fingerprint density at radius 1 is 1.43 bits per heavy atom. The molecule has 0 saturated carbocycles. The summed E-state index contributed by atoms with van der Waals surface area (Å²) in [6, 6.07) is 0. The van der Waals surface area contributed by atoms with E-state index in [0.717, 1.165) is 43.9 Å². The van der Waals surface area contributed by atoms with E-state index < -0.39 is 0 Å². The number of hydrogen-bond acceptors (Lipinski definition) is 3. The summed E-state index contributed by atoms with van der Waals surface area (Å²) in [6.45, 7) is 9.88. The summed E-state index contributed by atoms with van der Waals surface area (Å²) < 4.78 is 0. The number of halogens is 1. The van der Waals surface area contributed by atoms with Crippen LogP contribution >= 0.6 is 35.3 Å². The average molecular weight is 422 g/mol. The van der Waals surface area contributed by atoms with Gasteiger partial charge in [0.25, 0.3) is 0 Å². The second-order valence-electron chi connectivity index (χ2n) is 5.94. The molecule has 0 bridgehead atoms. The summed E-state index contributed by atoms with van der Waals surface area (Å²) in [5, 5.41) is 4.68. The number of nitrogens with one attached hydrogen (secondary N) is 1. The molecule has 1 aliphatic rings. The first-order valence-electron chi connectivity index (χ1n) is 7.45. The predicted molar refractivity (Wildman–Crippen MR) is 102 cm³/mol. The molecule has 0 aromatic carbocycles. The number of piperidine rings is 1. The number of rotatable bonds is 3. The van der Waals surface area contributed by atoms with Crippen LogP contribution in [0, 0.1) is 18.8 Å². The quantitative estimate of drug-likeness (QED) is 0.462. The number of aromatic nitrogens is 1. The summed E-state index contributed by atoms with van der Waals surface area (Å²) in [4.78, 5) is 12.5. The molecule has 1 aliphatic heterocycles. The Kier molecular flexibility index (Phi) is 7.94. The van der Waals surface area contributed by atoms with Crippen molar-refractivity contribution >= 4 is 41.3 Å². The number of aryl methyl sites for hydroxylation is 1. The maximum Gasteiger partial charge on any atom is 0.193 e. The molecule has 21 heavy (non-hydrogen) atoms. The monoisotopic (exact) mass is 422 g/mol. The lowest BCUT2D eigenvalue weighted by molar-refractivity contribution is 0.208. The van der Waals surface area contributed by atoms with Crippen LogP contribution in [-0.4, -0.2) is 42.5 Å².